The number of benzene rings is 1. The summed E-state index contributed by atoms with van der Waals surface area (Å²) in [6, 6.07) is 8.25. The summed E-state index contributed by atoms with van der Waals surface area (Å²) in [6.45, 7) is 7.86. The van der Waals surface area contributed by atoms with Gasteiger partial charge in [-0.15, -0.1) is 0 Å². The lowest BCUT2D eigenvalue weighted by Crippen LogP contribution is -2.35. The first-order chi connectivity index (χ1) is 14.0. The van der Waals surface area contributed by atoms with Gasteiger partial charge in [-0.3, -0.25) is 24.2 Å². The Labute approximate surface area is 173 Å². The van der Waals surface area contributed by atoms with Crippen LogP contribution in [0.25, 0.3) is 0 Å². The van der Waals surface area contributed by atoms with Crippen LogP contribution in [-0.2, 0) is 27.5 Å². The maximum Gasteiger partial charge on any atom is 0.233 e. The van der Waals surface area contributed by atoms with Crippen LogP contribution in [0.2, 0.25) is 0 Å². The zero-order valence-electron chi connectivity index (χ0n) is 17.7. The first-order valence-electron chi connectivity index (χ1n) is 11.0. The molecular formula is C23H33N3O3. The highest BCUT2D eigenvalue weighted by Crippen LogP contribution is 2.37. The first-order valence-corrected chi connectivity index (χ1v) is 11.0. The molecule has 1 heterocycles. The summed E-state index contributed by atoms with van der Waals surface area (Å²) in [7, 11) is 0. The minimum Gasteiger partial charge on any atom is -0.352 e. The molecule has 1 aromatic rings. The summed E-state index contributed by atoms with van der Waals surface area (Å²) in [5.41, 5.74) is 2.29. The van der Waals surface area contributed by atoms with Crippen molar-refractivity contribution in [2.45, 2.75) is 59.0 Å². The monoisotopic (exact) mass is 399 g/mol. The number of hydrogen-bond donors (Lipinski definition) is 1. The second-order valence-electron chi connectivity index (χ2n) is 8.13. The van der Waals surface area contributed by atoms with Crippen LogP contribution < -0.4 is 5.32 Å². The van der Waals surface area contributed by atoms with E-state index in [1.54, 1.807) is 0 Å². The summed E-state index contributed by atoms with van der Waals surface area (Å²) in [5, 5.41) is 2.92. The fourth-order valence-corrected chi connectivity index (χ4v) is 4.50. The van der Waals surface area contributed by atoms with E-state index in [9.17, 15) is 14.4 Å². The molecule has 6 nitrogen and oxygen atoms in total. The first kappa shape index (κ1) is 21.5. The fraction of sp³-hybridized carbons (Fsp3) is 0.609. The molecule has 2 fully saturated rings. The lowest BCUT2D eigenvalue weighted by molar-refractivity contribution is -0.140. The SMILES string of the molecule is CCN(CC)Cc1cccc(CNC(=O)CCN2C(=O)C3CCCCC3C2=O)c1. The Morgan fingerprint density at radius 2 is 1.69 bits per heavy atom. The second kappa shape index (κ2) is 10.0. The van der Waals surface area contributed by atoms with Crippen LogP contribution in [-0.4, -0.2) is 47.2 Å². The van der Waals surface area contributed by atoms with Crippen molar-refractivity contribution in [3.63, 3.8) is 0 Å². The number of rotatable bonds is 9. The van der Waals surface area contributed by atoms with Crippen molar-refractivity contribution in [2.24, 2.45) is 11.8 Å². The van der Waals surface area contributed by atoms with Crippen molar-refractivity contribution in [3.05, 3.63) is 35.4 Å². The van der Waals surface area contributed by atoms with Crippen LogP contribution in [0.3, 0.4) is 0 Å². The molecule has 1 aromatic carbocycles. The number of carbonyl (C=O) groups excluding carboxylic acids is 3. The average Bonchev–Trinajstić information content (AvgIpc) is 2.99. The number of nitrogens with zero attached hydrogens (tertiary/aromatic N) is 2. The molecule has 158 valence electrons. The summed E-state index contributed by atoms with van der Waals surface area (Å²) >= 11 is 0. The molecule has 2 atom stereocenters. The minimum absolute atomic E-state index is 0.0726. The van der Waals surface area contributed by atoms with Gasteiger partial charge in [-0.25, -0.2) is 0 Å². The predicted octanol–water partition coefficient (Wildman–Crippen LogP) is 2.71. The number of carbonyl (C=O) groups is 3. The van der Waals surface area contributed by atoms with Gasteiger partial charge < -0.3 is 5.32 Å². The predicted molar refractivity (Wildman–Crippen MR) is 112 cm³/mol. The number of amides is 3. The molecule has 2 aliphatic rings. The molecule has 1 saturated carbocycles. The van der Waals surface area contributed by atoms with Crippen LogP contribution >= 0.6 is 0 Å². The molecular weight excluding hydrogens is 366 g/mol. The molecule has 1 N–H and O–H groups in total. The number of hydrogen-bond acceptors (Lipinski definition) is 4. The maximum atomic E-state index is 12.5. The highest BCUT2D eigenvalue weighted by atomic mass is 16.2. The second-order valence-corrected chi connectivity index (χ2v) is 8.13. The van der Waals surface area contributed by atoms with E-state index in [0.717, 1.165) is 50.9 Å². The van der Waals surface area contributed by atoms with Crippen molar-refractivity contribution in [3.8, 4) is 0 Å². The highest BCUT2D eigenvalue weighted by Gasteiger charge is 2.47. The molecule has 3 rings (SSSR count). The third-order valence-corrected chi connectivity index (χ3v) is 6.28. The molecule has 0 radical (unpaired) electrons. The van der Waals surface area contributed by atoms with Gasteiger partial charge in [0, 0.05) is 26.1 Å². The lowest BCUT2D eigenvalue weighted by atomic mass is 9.81. The molecule has 2 unspecified atom stereocenters. The van der Waals surface area contributed by atoms with E-state index in [1.807, 2.05) is 12.1 Å². The number of fused-ring (bicyclic) bond motifs is 1. The Kier molecular flexibility index (Phi) is 7.42. The normalized spacial score (nSPS) is 21.6. The van der Waals surface area contributed by atoms with Crippen molar-refractivity contribution in [1.82, 2.24) is 15.1 Å². The van der Waals surface area contributed by atoms with Crippen LogP contribution in [0.15, 0.2) is 24.3 Å². The van der Waals surface area contributed by atoms with Crippen molar-refractivity contribution in [1.29, 1.82) is 0 Å². The standard InChI is InChI=1S/C23H33N3O3/c1-3-25(4-2)16-18-9-7-8-17(14-18)15-24-21(27)12-13-26-22(28)19-10-5-6-11-20(19)23(26)29/h7-9,14,19-20H,3-6,10-13,15-16H2,1-2H3,(H,24,27). The molecule has 3 amide bonds. The zero-order valence-corrected chi connectivity index (χ0v) is 17.7. The Hall–Kier alpha value is -2.21. The van der Waals surface area contributed by atoms with E-state index in [2.05, 4.69) is 36.2 Å². The van der Waals surface area contributed by atoms with Gasteiger partial charge in [-0.1, -0.05) is 51.0 Å². The average molecular weight is 400 g/mol. The summed E-state index contributed by atoms with van der Waals surface area (Å²) in [5.74, 6) is -0.566. The van der Waals surface area contributed by atoms with Crippen LogP contribution in [0.4, 0.5) is 0 Å². The van der Waals surface area contributed by atoms with Gasteiger partial charge in [0.2, 0.25) is 17.7 Å². The Balaban J connectivity index is 1.47. The molecule has 0 bridgehead atoms. The molecule has 0 spiro atoms. The molecule has 0 aromatic heterocycles. The Morgan fingerprint density at radius 3 is 2.31 bits per heavy atom. The zero-order chi connectivity index (χ0) is 20.8. The quantitative estimate of drug-likeness (QED) is 0.648. The molecule has 1 aliphatic carbocycles. The molecule has 6 heteroatoms. The van der Waals surface area contributed by atoms with Gasteiger partial charge >= 0.3 is 0 Å². The smallest absolute Gasteiger partial charge is 0.233 e. The Bertz CT molecular complexity index is 721. The van der Waals surface area contributed by atoms with E-state index in [1.165, 1.54) is 10.5 Å². The van der Waals surface area contributed by atoms with Gasteiger partial charge in [0.25, 0.3) is 0 Å². The van der Waals surface area contributed by atoms with Gasteiger partial charge in [0.1, 0.15) is 0 Å². The third kappa shape index (κ3) is 5.24. The summed E-state index contributed by atoms with van der Waals surface area (Å²) < 4.78 is 0. The molecule has 1 aliphatic heterocycles. The number of nitrogens with one attached hydrogen (secondary N) is 1. The third-order valence-electron chi connectivity index (χ3n) is 6.28. The van der Waals surface area contributed by atoms with Crippen LogP contribution in [0, 0.1) is 11.8 Å². The number of likely N-dealkylation sites (tertiary alicyclic amines) is 1. The minimum atomic E-state index is -0.146. The molecule has 1 saturated heterocycles. The van der Waals surface area contributed by atoms with Crippen LogP contribution in [0.5, 0.6) is 0 Å². The van der Waals surface area contributed by atoms with E-state index in [-0.39, 0.29) is 42.5 Å². The lowest BCUT2D eigenvalue weighted by Gasteiger charge is -2.19. The van der Waals surface area contributed by atoms with Crippen molar-refractivity contribution in [2.75, 3.05) is 19.6 Å². The van der Waals surface area contributed by atoms with Crippen LogP contribution in [0.1, 0.15) is 57.1 Å². The maximum absolute atomic E-state index is 12.5. The van der Waals surface area contributed by atoms with Crippen molar-refractivity contribution < 1.29 is 14.4 Å². The summed E-state index contributed by atoms with van der Waals surface area (Å²) in [6.07, 6.45) is 3.81. The van der Waals surface area contributed by atoms with Crippen molar-refractivity contribution >= 4 is 17.7 Å². The summed E-state index contributed by atoms with van der Waals surface area (Å²) in [4.78, 5) is 40.9. The van der Waals surface area contributed by atoms with E-state index in [4.69, 9.17) is 0 Å². The Morgan fingerprint density at radius 1 is 1.07 bits per heavy atom. The molecule has 29 heavy (non-hydrogen) atoms. The van der Waals surface area contributed by atoms with Gasteiger partial charge in [-0.2, -0.15) is 0 Å². The van der Waals surface area contributed by atoms with Gasteiger partial charge in [0.05, 0.1) is 11.8 Å². The largest absolute Gasteiger partial charge is 0.352 e. The highest BCUT2D eigenvalue weighted by molar-refractivity contribution is 6.05. The van der Waals surface area contributed by atoms with E-state index < -0.39 is 0 Å². The van der Waals surface area contributed by atoms with Gasteiger partial charge in [0.15, 0.2) is 0 Å². The van der Waals surface area contributed by atoms with E-state index in [0.29, 0.717) is 6.54 Å². The number of imide groups is 1. The topological polar surface area (TPSA) is 69.7 Å². The van der Waals surface area contributed by atoms with Gasteiger partial charge in [-0.05, 0) is 37.1 Å². The fourth-order valence-electron chi connectivity index (χ4n) is 4.50. The van der Waals surface area contributed by atoms with E-state index >= 15 is 0 Å².